The highest BCUT2D eigenvalue weighted by Crippen LogP contribution is 2.21. The summed E-state index contributed by atoms with van der Waals surface area (Å²) < 4.78 is 0. The number of hydrogen-bond acceptors (Lipinski definition) is 5. The van der Waals surface area contributed by atoms with Crippen LogP contribution in [0.2, 0.25) is 0 Å². The van der Waals surface area contributed by atoms with Gasteiger partial charge in [0, 0.05) is 24.2 Å². The molecule has 5 nitrogen and oxygen atoms in total. The van der Waals surface area contributed by atoms with Gasteiger partial charge in [-0.05, 0) is 25.0 Å². The summed E-state index contributed by atoms with van der Waals surface area (Å²) in [5.41, 5.74) is 6.77. The number of aromatic nitrogens is 3. The van der Waals surface area contributed by atoms with Crippen molar-refractivity contribution in [1.82, 2.24) is 20.4 Å². The van der Waals surface area contributed by atoms with Crippen LogP contribution in [0.3, 0.4) is 0 Å². The first-order valence-electron chi connectivity index (χ1n) is 5.36. The zero-order valence-corrected chi connectivity index (χ0v) is 9.88. The molecule has 0 saturated heterocycles. The zero-order chi connectivity index (χ0) is 12.3. The summed E-state index contributed by atoms with van der Waals surface area (Å²) in [6.45, 7) is 4.03. The first-order valence-corrected chi connectivity index (χ1v) is 5.36. The predicted molar refractivity (Wildman–Crippen MR) is 64.9 cm³/mol. The zero-order valence-electron chi connectivity index (χ0n) is 9.88. The van der Waals surface area contributed by atoms with E-state index in [0.29, 0.717) is 0 Å². The van der Waals surface area contributed by atoms with Gasteiger partial charge in [-0.15, -0.1) is 0 Å². The number of nitrogens with zero attached hydrogens (tertiary/aromatic N) is 3. The summed E-state index contributed by atoms with van der Waals surface area (Å²) in [4.78, 5) is 12.4. The number of rotatable bonds is 3. The van der Waals surface area contributed by atoms with Crippen molar-refractivity contribution in [2.24, 2.45) is 5.84 Å². The number of hydrogen-bond donors (Lipinski definition) is 2. The van der Waals surface area contributed by atoms with Crippen LogP contribution in [0.5, 0.6) is 0 Å². The van der Waals surface area contributed by atoms with Gasteiger partial charge in [0.2, 0.25) is 0 Å². The van der Waals surface area contributed by atoms with Crippen molar-refractivity contribution in [3.05, 3.63) is 53.4 Å². The maximum atomic E-state index is 5.60. The van der Waals surface area contributed by atoms with E-state index in [-0.39, 0.29) is 6.04 Å². The van der Waals surface area contributed by atoms with Crippen LogP contribution in [0.1, 0.15) is 28.4 Å². The lowest BCUT2D eigenvalue weighted by Crippen LogP contribution is -2.30. The largest absolute Gasteiger partial charge is 0.271 e. The quantitative estimate of drug-likeness (QED) is 0.607. The summed E-state index contributed by atoms with van der Waals surface area (Å²) in [5, 5.41) is 0. The first kappa shape index (κ1) is 11.6. The molecule has 2 rings (SSSR count). The molecule has 0 aromatic carbocycles. The Morgan fingerprint density at radius 2 is 1.88 bits per heavy atom. The van der Waals surface area contributed by atoms with Gasteiger partial charge in [0.15, 0.2) is 0 Å². The average molecular weight is 229 g/mol. The lowest BCUT2D eigenvalue weighted by atomic mass is 10.0. The smallest absolute Gasteiger partial charge is 0.115 e. The minimum Gasteiger partial charge on any atom is -0.271 e. The van der Waals surface area contributed by atoms with E-state index in [2.05, 4.69) is 26.4 Å². The molecule has 0 saturated carbocycles. The molecule has 0 spiro atoms. The van der Waals surface area contributed by atoms with Gasteiger partial charge in [-0.3, -0.25) is 10.8 Å². The highest BCUT2D eigenvalue weighted by molar-refractivity contribution is 5.31. The monoisotopic (exact) mass is 229 g/mol. The Kier molecular flexibility index (Phi) is 3.41. The van der Waals surface area contributed by atoms with Crippen molar-refractivity contribution >= 4 is 0 Å². The number of nitrogens with two attached hydrogens (primary N) is 1. The molecule has 5 heteroatoms. The van der Waals surface area contributed by atoms with Crippen molar-refractivity contribution in [1.29, 1.82) is 0 Å². The molecule has 0 fully saturated rings. The second-order valence-corrected chi connectivity index (χ2v) is 3.99. The second-order valence-electron chi connectivity index (χ2n) is 3.99. The SMILES string of the molecule is Cc1cnc(C(NN)c2cncnc2)c(C)c1. The molecule has 0 radical (unpaired) electrons. The second kappa shape index (κ2) is 4.99. The molecule has 1 atom stereocenters. The number of hydrazine groups is 1. The summed E-state index contributed by atoms with van der Waals surface area (Å²) in [5.74, 6) is 5.60. The Bertz CT molecular complexity index is 498. The van der Waals surface area contributed by atoms with E-state index in [1.165, 1.54) is 6.33 Å². The summed E-state index contributed by atoms with van der Waals surface area (Å²) in [6.07, 6.45) is 6.79. The summed E-state index contributed by atoms with van der Waals surface area (Å²) in [7, 11) is 0. The molecule has 0 amide bonds. The minimum atomic E-state index is -0.184. The van der Waals surface area contributed by atoms with Gasteiger partial charge in [-0.1, -0.05) is 6.07 Å². The number of pyridine rings is 1. The molecule has 0 aliphatic rings. The normalized spacial score (nSPS) is 12.4. The standard InChI is InChI=1S/C12H15N5/c1-8-3-9(2)11(16-4-8)12(17-13)10-5-14-7-15-6-10/h3-7,12,17H,13H2,1-2H3. The maximum Gasteiger partial charge on any atom is 0.115 e. The fraction of sp³-hybridized carbons (Fsp3) is 0.250. The molecule has 2 heterocycles. The third kappa shape index (κ3) is 2.46. The molecule has 0 aliphatic heterocycles. The van der Waals surface area contributed by atoms with Gasteiger partial charge in [0.25, 0.3) is 0 Å². The van der Waals surface area contributed by atoms with Gasteiger partial charge >= 0.3 is 0 Å². The molecule has 2 aromatic rings. The molecule has 3 N–H and O–H groups in total. The molecule has 17 heavy (non-hydrogen) atoms. The van der Waals surface area contributed by atoms with Crippen molar-refractivity contribution in [3.63, 3.8) is 0 Å². The molecule has 88 valence electrons. The molecule has 0 bridgehead atoms. The van der Waals surface area contributed by atoms with E-state index in [0.717, 1.165) is 22.4 Å². The van der Waals surface area contributed by atoms with E-state index in [1.54, 1.807) is 12.4 Å². The van der Waals surface area contributed by atoms with Crippen LogP contribution in [0.25, 0.3) is 0 Å². The fourth-order valence-electron chi connectivity index (χ4n) is 1.82. The minimum absolute atomic E-state index is 0.184. The van der Waals surface area contributed by atoms with Crippen molar-refractivity contribution in [3.8, 4) is 0 Å². The van der Waals surface area contributed by atoms with Crippen LogP contribution in [0.15, 0.2) is 31.0 Å². The highest BCUT2D eigenvalue weighted by atomic mass is 15.2. The van der Waals surface area contributed by atoms with E-state index in [1.807, 2.05) is 20.0 Å². The Hall–Kier alpha value is -1.85. The van der Waals surface area contributed by atoms with Crippen LogP contribution in [-0.2, 0) is 0 Å². The lowest BCUT2D eigenvalue weighted by Gasteiger charge is -2.17. The van der Waals surface area contributed by atoms with Gasteiger partial charge in [0.1, 0.15) is 6.33 Å². The van der Waals surface area contributed by atoms with Crippen LogP contribution >= 0.6 is 0 Å². The van der Waals surface area contributed by atoms with Crippen molar-refractivity contribution in [2.75, 3.05) is 0 Å². The van der Waals surface area contributed by atoms with Crippen LogP contribution < -0.4 is 11.3 Å². The van der Waals surface area contributed by atoms with Crippen LogP contribution in [-0.4, -0.2) is 15.0 Å². The van der Waals surface area contributed by atoms with E-state index >= 15 is 0 Å². The number of aryl methyl sites for hydroxylation is 2. The Labute approximate surface area is 100 Å². The maximum absolute atomic E-state index is 5.60. The number of nitrogens with one attached hydrogen (secondary N) is 1. The van der Waals surface area contributed by atoms with Gasteiger partial charge in [-0.2, -0.15) is 0 Å². The molecule has 1 unspecified atom stereocenters. The Morgan fingerprint density at radius 1 is 1.18 bits per heavy atom. The fourth-order valence-corrected chi connectivity index (χ4v) is 1.82. The first-order chi connectivity index (χ1) is 8.22. The van der Waals surface area contributed by atoms with E-state index in [9.17, 15) is 0 Å². The predicted octanol–water partition coefficient (Wildman–Crippen LogP) is 1.04. The molecular weight excluding hydrogens is 214 g/mol. The summed E-state index contributed by atoms with van der Waals surface area (Å²) in [6, 6.07) is 1.90. The van der Waals surface area contributed by atoms with Crippen LogP contribution in [0.4, 0.5) is 0 Å². The topological polar surface area (TPSA) is 76.7 Å². The van der Waals surface area contributed by atoms with Gasteiger partial charge in [-0.25, -0.2) is 15.4 Å². The third-order valence-corrected chi connectivity index (χ3v) is 2.61. The van der Waals surface area contributed by atoms with Crippen molar-refractivity contribution in [2.45, 2.75) is 19.9 Å². The Balaban J connectivity index is 2.42. The molecule has 2 aromatic heterocycles. The highest BCUT2D eigenvalue weighted by Gasteiger charge is 2.16. The van der Waals surface area contributed by atoms with Crippen LogP contribution in [0, 0.1) is 13.8 Å². The van der Waals surface area contributed by atoms with Gasteiger partial charge < -0.3 is 0 Å². The third-order valence-electron chi connectivity index (χ3n) is 2.61. The van der Waals surface area contributed by atoms with Gasteiger partial charge in [0.05, 0.1) is 11.7 Å². The molecular formula is C12H15N5. The van der Waals surface area contributed by atoms with E-state index in [4.69, 9.17) is 5.84 Å². The summed E-state index contributed by atoms with van der Waals surface area (Å²) >= 11 is 0. The molecule has 0 aliphatic carbocycles. The van der Waals surface area contributed by atoms with Crippen molar-refractivity contribution < 1.29 is 0 Å². The average Bonchev–Trinajstić information content (AvgIpc) is 2.34. The lowest BCUT2D eigenvalue weighted by molar-refractivity contribution is 0.612. The Morgan fingerprint density at radius 3 is 2.47 bits per heavy atom. The van der Waals surface area contributed by atoms with E-state index < -0.39 is 0 Å².